The first-order chi connectivity index (χ1) is 12.2. The maximum absolute atomic E-state index is 11.4. The van der Waals surface area contributed by atoms with Crippen LogP contribution in [0.1, 0.15) is 48.9 Å². The number of hydrogen-bond acceptors (Lipinski definition) is 5. The smallest absolute Gasteiger partial charge is 0.308 e. The predicted octanol–water partition coefficient (Wildman–Crippen LogP) is 3.57. The fourth-order valence-electron chi connectivity index (χ4n) is 3.40. The van der Waals surface area contributed by atoms with Crippen LogP contribution in [-0.2, 0) is 16.0 Å². The summed E-state index contributed by atoms with van der Waals surface area (Å²) in [5, 5.41) is 3.22. The summed E-state index contributed by atoms with van der Waals surface area (Å²) in [6.07, 6.45) is 2.39. The number of carbonyl (C=O) groups excluding carboxylic acids is 1. The van der Waals surface area contributed by atoms with Crippen LogP contribution < -0.4 is 14.8 Å². The number of ether oxygens (including phenoxy) is 3. The van der Waals surface area contributed by atoms with Gasteiger partial charge in [-0.2, -0.15) is 0 Å². The van der Waals surface area contributed by atoms with Gasteiger partial charge in [0.05, 0.1) is 11.6 Å². The normalized spacial score (nSPS) is 18.7. The molecular formula is C20H29NO4S. The lowest BCUT2D eigenvalue weighted by Gasteiger charge is -2.38. The molecule has 0 saturated carbocycles. The van der Waals surface area contributed by atoms with Crippen molar-refractivity contribution in [2.75, 3.05) is 20.3 Å². The van der Waals surface area contributed by atoms with Crippen molar-refractivity contribution >= 4 is 23.2 Å². The van der Waals surface area contributed by atoms with Crippen molar-refractivity contribution in [2.24, 2.45) is 0 Å². The lowest BCUT2D eigenvalue weighted by Crippen LogP contribution is -2.42. The first-order valence-electron chi connectivity index (χ1n) is 8.94. The molecule has 144 valence electrons. The Hall–Kier alpha value is -1.66. The fraction of sp³-hybridized carbons (Fsp3) is 0.600. The first-order valence-corrected chi connectivity index (χ1v) is 9.35. The molecule has 0 aliphatic carbocycles. The average molecular weight is 380 g/mol. The molecule has 1 N–H and O–H groups in total. The van der Waals surface area contributed by atoms with Gasteiger partial charge in [0.15, 0.2) is 0 Å². The van der Waals surface area contributed by atoms with Crippen LogP contribution in [0.15, 0.2) is 0 Å². The number of carbonyl (C=O) groups is 1. The molecule has 0 fully saturated rings. The SMILES string of the molecule is COCCNC(=S)CC1(C)CCc2c(C)c(OC(C)=O)c(C)c(C)c2O1. The summed E-state index contributed by atoms with van der Waals surface area (Å²) >= 11 is 5.47. The average Bonchev–Trinajstić information content (AvgIpc) is 2.56. The molecule has 6 heteroatoms. The molecule has 5 nitrogen and oxygen atoms in total. The number of hydrogen-bond donors (Lipinski definition) is 1. The second-order valence-electron chi connectivity index (χ2n) is 7.18. The first kappa shape index (κ1) is 20.6. The van der Waals surface area contributed by atoms with Crippen molar-refractivity contribution in [3.05, 3.63) is 22.3 Å². The quantitative estimate of drug-likeness (QED) is 0.353. The molecular weight excluding hydrogens is 350 g/mol. The number of esters is 1. The largest absolute Gasteiger partial charge is 0.487 e. The van der Waals surface area contributed by atoms with E-state index in [-0.39, 0.29) is 11.6 Å². The molecule has 0 saturated heterocycles. The molecule has 1 unspecified atom stereocenters. The fourth-order valence-corrected chi connectivity index (χ4v) is 3.80. The second kappa shape index (κ2) is 8.35. The number of thiocarbonyl (C=S) groups is 1. The predicted molar refractivity (Wildman–Crippen MR) is 106 cm³/mol. The minimum absolute atomic E-state index is 0.301. The Kier molecular flexibility index (Phi) is 6.64. The van der Waals surface area contributed by atoms with Crippen LogP contribution >= 0.6 is 12.2 Å². The summed E-state index contributed by atoms with van der Waals surface area (Å²) in [6, 6.07) is 0. The minimum atomic E-state index is -0.350. The zero-order valence-electron chi connectivity index (χ0n) is 16.6. The molecule has 1 atom stereocenters. The van der Waals surface area contributed by atoms with Crippen molar-refractivity contribution in [1.29, 1.82) is 0 Å². The van der Waals surface area contributed by atoms with Gasteiger partial charge in [-0.1, -0.05) is 12.2 Å². The molecule has 0 bridgehead atoms. The minimum Gasteiger partial charge on any atom is -0.487 e. The third-order valence-corrected chi connectivity index (χ3v) is 5.26. The Labute approximate surface area is 161 Å². The van der Waals surface area contributed by atoms with Crippen LogP contribution in [-0.4, -0.2) is 36.8 Å². The van der Waals surface area contributed by atoms with Crippen molar-refractivity contribution in [1.82, 2.24) is 5.32 Å². The van der Waals surface area contributed by atoms with Crippen molar-refractivity contribution in [3.63, 3.8) is 0 Å². The second-order valence-corrected chi connectivity index (χ2v) is 7.67. The monoisotopic (exact) mass is 379 g/mol. The molecule has 1 aromatic rings. The van der Waals surface area contributed by atoms with Crippen LogP contribution in [0, 0.1) is 20.8 Å². The Morgan fingerprint density at radius 2 is 1.96 bits per heavy atom. The Morgan fingerprint density at radius 3 is 2.58 bits per heavy atom. The molecule has 0 amide bonds. The highest BCUT2D eigenvalue weighted by Gasteiger charge is 2.35. The molecule has 26 heavy (non-hydrogen) atoms. The van der Waals surface area contributed by atoms with Gasteiger partial charge in [-0.25, -0.2) is 0 Å². The zero-order chi connectivity index (χ0) is 19.5. The topological polar surface area (TPSA) is 56.8 Å². The highest BCUT2D eigenvalue weighted by Crippen LogP contribution is 2.44. The van der Waals surface area contributed by atoms with E-state index in [1.54, 1.807) is 7.11 Å². The van der Waals surface area contributed by atoms with E-state index in [4.69, 9.17) is 26.4 Å². The van der Waals surface area contributed by atoms with Crippen molar-refractivity contribution in [3.8, 4) is 11.5 Å². The summed E-state index contributed by atoms with van der Waals surface area (Å²) in [7, 11) is 1.67. The van der Waals surface area contributed by atoms with Gasteiger partial charge in [-0.3, -0.25) is 4.79 Å². The van der Waals surface area contributed by atoms with E-state index in [9.17, 15) is 4.79 Å². The number of benzene rings is 1. The van der Waals surface area contributed by atoms with Gasteiger partial charge in [-0.05, 0) is 57.2 Å². The van der Waals surface area contributed by atoms with Gasteiger partial charge in [0, 0.05) is 32.6 Å². The lowest BCUT2D eigenvalue weighted by molar-refractivity contribution is -0.132. The van der Waals surface area contributed by atoms with Crippen molar-refractivity contribution in [2.45, 2.75) is 59.5 Å². The third kappa shape index (κ3) is 4.54. The van der Waals surface area contributed by atoms with Crippen molar-refractivity contribution < 1.29 is 19.0 Å². The summed E-state index contributed by atoms with van der Waals surface area (Å²) in [5.41, 5.74) is 3.73. The standard InChI is InChI=1S/C20H29NO4S/c1-12-13(2)19-16(14(3)18(12)24-15(4)22)7-8-20(5,25-19)11-17(26)21-9-10-23-6/h7-11H2,1-6H3,(H,21,26). The third-order valence-electron chi connectivity index (χ3n) is 4.97. The summed E-state index contributed by atoms with van der Waals surface area (Å²) in [6.45, 7) is 10.8. The highest BCUT2D eigenvalue weighted by molar-refractivity contribution is 7.80. The molecule has 1 aromatic carbocycles. The van der Waals surface area contributed by atoms with Gasteiger partial charge in [0.1, 0.15) is 17.1 Å². The maximum atomic E-state index is 11.4. The van der Waals surface area contributed by atoms with Gasteiger partial charge in [-0.15, -0.1) is 0 Å². The summed E-state index contributed by atoms with van der Waals surface area (Å²) in [4.78, 5) is 12.2. The van der Waals surface area contributed by atoms with Crippen LogP contribution in [0.2, 0.25) is 0 Å². The Morgan fingerprint density at radius 1 is 1.27 bits per heavy atom. The van der Waals surface area contributed by atoms with Crippen LogP contribution in [0.5, 0.6) is 11.5 Å². The number of fused-ring (bicyclic) bond motifs is 1. The van der Waals surface area contributed by atoms with Gasteiger partial charge in [0.25, 0.3) is 0 Å². The van der Waals surface area contributed by atoms with E-state index in [1.807, 2.05) is 20.8 Å². The maximum Gasteiger partial charge on any atom is 0.308 e. The summed E-state index contributed by atoms with van der Waals surface area (Å²) in [5.74, 6) is 1.27. The highest BCUT2D eigenvalue weighted by atomic mass is 32.1. The number of rotatable bonds is 6. The summed E-state index contributed by atoms with van der Waals surface area (Å²) < 4.78 is 17.0. The molecule has 1 aliphatic heterocycles. The molecule has 0 spiro atoms. The Bertz CT molecular complexity index is 716. The van der Waals surface area contributed by atoms with E-state index in [1.165, 1.54) is 6.92 Å². The molecule has 0 aromatic heterocycles. The van der Waals surface area contributed by atoms with Crippen LogP contribution in [0.3, 0.4) is 0 Å². The molecule has 0 radical (unpaired) electrons. The molecule has 2 rings (SSSR count). The van der Waals surface area contributed by atoms with E-state index < -0.39 is 0 Å². The van der Waals surface area contributed by atoms with E-state index in [2.05, 4.69) is 12.2 Å². The molecule has 1 heterocycles. The van der Waals surface area contributed by atoms with Gasteiger partial charge >= 0.3 is 5.97 Å². The Balaban J connectivity index is 2.24. The van der Waals surface area contributed by atoms with E-state index >= 15 is 0 Å². The van der Waals surface area contributed by atoms with Gasteiger partial charge < -0.3 is 19.5 Å². The molecule has 1 aliphatic rings. The number of methoxy groups -OCH3 is 1. The van der Waals surface area contributed by atoms with E-state index in [0.717, 1.165) is 45.8 Å². The van der Waals surface area contributed by atoms with E-state index in [0.29, 0.717) is 25.3 Å². The lowest BCUT2D eigenvalue weighted by atomic mass is 9.85. The van der Waals surface area contributed by atoms with Gasteiger partial charge in [0.2, 0.25) is 0 Å². The van der Waals surface area contributed by atoms with Crippen LogP contribution in [0.25, 0.3) is 0 Å². The van der Waals surface area contributed by atoms with Crippen LogP contribution in [0.4, 0.5) is 0 Å². The zero-order valence-corrected chi connectivity index (χ0v) is 17.4. The number of nitrogens with one attached hydrogen (secondary N) is 1.